The minimum absolute atomic E-state index is 0.00709. The van der Waals surface area contributed by atoms with Crippen molar-refractivity contribution < 1.29 is 4.79 Å². The predicted molar refractivity (Wildman–Crippen MR) is 67.5 cm³/mol. The highest BCUT2D eigenvalue weighted by Gasteiger charge is 2.11. The molecule has 4 nitrogen and oxygen atoms in total. The van der Waals surface area contributed by atoms with Gasteiger partial charge in [0.2, 0.25) is 5.91 Å². The maximum Gasteiger partial charge on any atom is 0.239 e. The average Bonchev–Trinajstić information content (AvgIpc) is 2.17. The molecule has 1 aromatic carbocycles. The molecule has 0 fully saturated rings. The summed E-state index contributed by atoms with van der Waals surface area (Å²) in [6, 6.07) is 5.74. The van der Waals surface area contributed by atoms with Crippen molar-refractivity contribution in [3.63, 3.8) is 0 Å². The molecule has 16 heavy (non-hydrogen) atoms. The molecule has 0 saturated carbocycles. The van der Waals surface area contributed by atoms with E-state index in [2.05, 4.69) is 5.32 Å². The SMILES string of the molecule is CCNC(=O)CN(C)c1c(C)cccc1N. The van der Waals surface area contributed by atoms with Gasteiger partial charge in [-0.15, -0.1) is 0 Å². The van der Waals surface area contributed by atoms with Gasteiger partial charge in [0.15, 0.2) is 0 Å². The zero-order valence-corrected chi connectivity index (χ0v) is 10.1. The summed E-state index contributed by atoms with van der Waals surface area (Å²) >= 11 is 0. The van der Waals surface area contributed by atoms with Gasteiger partial charge in [0, 0.05) is 13.6 Å². The van der Waals surface area contributed by atoms with Gasteiger partial charge in [-0.05, 0) is 25.5 Å². The number of amides is 1. The summed E-state index contributed by atoms with van der Waals surface area (Å²) in [4.78, 5) is 13.3. The molecule has 0 radical (unpaired) electrons. The van der Waals surface area contributed by atoms with E-state index in [1.54, 1.807) is 0 Å². The lowest BCUT2D eigenvalue weighted by Crippen LogP contribution is -2.35. The fourth-order valence-corrected chi connectivity index (χ4v) is 1.75. The van der Waals surface area contributed by atoms with Crippen molar-refractivity contribution in [2.24, 2.45) is 0 Å². The van der Waals surface area contributed by atoms with E-state index < -0.39 is 0 Å². The maximum absolute atomic E-state index is 11.5. The lowest BCUT2D eigenvalue weighted by molar-refractivity contribution is -0.119. The average molecular weight is 221 g/mol. The number of para-hydroxylation sites is 1. The first-order valence-corrected chi connectivity index (χ1v) is 5.39. The van der Waals surface area contributed by atoms with Crippen LogP contribution in [-0.2, 0) is 4.79 Å². The fraction of sp³-hybridized carbons (Fsp3) is 0.417. The quantitative estimate of drug-likeness (QED) is 0.750. The van der Waals surface area contributed by atoms with Gasteiger partial charge >= 0.3 is 0 Å². The van der Waals surface area contributed by atoms with E-state index in [9.17, 15) is 4.79 Å². The number of carbonyl (C=O) groups excluding carboxylic acids is 1. The third kappa shape index (κ3) is 2.89. The number of hydrogen-bond donors (Lipinski definition) is 2. The molecule has 3 N–H and O–H groups in total. The molecule has 0 heterocycles. The Morgan fingerprint density at radius 1 is 1.50 bits per heavy atom. The number of nitrogens with zero attached hydrogens (tertiary/aromatic N) is 1. The number of nitrogens with two attached hydrogens (primary N) is 1. The van der Waals surface area contributed by atoms with Crippen molar-refractivity contribution in [3.8, 4) is 0 Å². The highest BCUT2D eigenvalue weighted by molar-refractivity contribution is 5.83. The van der Waals surface area contributed by atoms with Crippen molar-refractivity contribution in [2.75, 3.05) is 30.8 Å². The molecule has 0 spiro atoms. The molecule has 0 saturated heterocycles. The van der Waals surface area contributed by atoms with Crippen LogP contribution >= 0.6 is 0 Å². The maximum atomic E-state index is 11.5. The minimum atomic E-state index is 0.00709. The number of hydrogen-bond acceptors (Lipinski definition) is 3. The van der Waals surface area contributed by atoms with Crippen LogP contribution in [0.1, 0.15) is 12.5 Å². The third-order valence-corrected chi connectivity index (χ3v) is 2.41. The van der Waals surface area contributed by atoms with Gasteiger partial charge in [0.25, 0.3) is 0 Å². The van der Waals surface area contributed by atoms with Gasteiger partial charge in [-0.3, -0.25) is 4.79 Å². The van der Waals surface area contributed by atoms with E-state index in [0.717, 1.165) is 11.3 Å². The van der Waals surface area contributed by atoms with Crippen molar-refractivity contribution in [3.05, 3.63) is 23.8 Å². The summed E-state index contributed by atoms with van der Waals surface area (Å²) in [5, 5.41) is 2.76. The molecule has 1 aromatic rings. The van der Waals surface area contributed by atoms with Gasteiger partial charge in [-0.25, -0.2) is 0 Å². The van der Waals surface area contributed by atoms with E-state index in [1.165, 1.54) is 0 Å². The Bertz CT molecular complexity index is 356. The minimum Gasteiger partial charge on any atom is -0.397 e. The number of aryl methyl sites for hydroxylation is 1. The molecule has 1 rings (SSSR count). The number of nitrogen functional groups attached to an aromatic ring is 1. The van der Waals surface area contributed by atoms with Crippen molar-refractivity contribution in [2.45, 2.75) is 13.8 Å². The molecule has 88 valence electrons. The molecule has 0 aliphatic heterocycles. The Morgan fingerprint density at radius 2 is 2.19 bits per heavy atom. The van der Waals surface area contributed by atoms with Crippen molar-refractivity contribution >= 4 is 17.3 Å². The summed E-state index contributed by atoms with van der Waals surface area (Å²) in [6.07, 6.45) is 0. The van der Waals surface area contributed by atoms with E-state index in [4.69, 9.17) is 5.73 Å². The van der Waals surface area contributed by atoms with Crippen LogP contribution in [0.3, 0.4) is 0 Å². The Labute approximate surface area is 96.4 Å². The fourth-order valence-electron chi connectivity index (χ4n) is 1.75. The second kappa shape index (κ2) is 5.39. The summed E-state index contributed by atoms with van der Waals surface area (Å²) < 4.78 is 0. The normalized spacial score (nSPS) is 9.94. The Kier molecular flexibility index (Phi) is 4.17. The number of anilines is 2. The standard InChI is InChI=1S/C12H19N3O/c1-4-14-11(16)8-15(3)12-9(2)6-5-7-10(12)13/h5-7H,4,8,13H2,1-3H3,(H,14,16). The van der Waals surface area contributed by atoms with E-state index in [0.29, 0.717) is 18.8 Å². The van der Waals surface area contributed by atoms with Crippen LogP contribution in [0.5, 0.6) is 0 Å². The Balaban J connectivity index is 2.80. The topological polar surface area (TPSA) is 58.4 Å². The summed E-state index contributed by atoms with van der Waals surface area (Å²) in [6.45, 7) is 4.86. The van der Waals surface area contributed by atoms with Crippen LogP contribution in [0.25, 0.3) is 0 Å². The molecule has 0 bridgehead atoms. The first-order chi connectivity index (χ1) is 7.56. The Morgan fingerprint density at radius 3 is 2.75 bits per heavy atom. The summed E-state index contributed by atoms with van der Waals surface area (Å²) in [5.41, 5.74) is 8.60. The van der Waals surface area contributed by atoms with Gasteiger partial charge in [0.1, 0.15) is 0 Å². The second-order valence-corrected chi connectivity index (χ2v) is 3.82. The van der Waals surface area contributed by atoms with Gasteiger partial charge in [-0.1, -0.05) is 12.1 Å². The molecule has 0 aromatic heterocycles. The van der Waals surface area contributed by atoms with Crippen LogP contribution in [-0.4, -0.2) is 26.0 Å². The number of benzene rings is 1. The van der Waals surface area contributed by atoms with Gasteiger partial charge in [0.05, 0.1) is 17.9 Å². The van der Waals surface area contributed by atoms with Crippen molar-refractivity contribution in [1.29, 1.82) is 0 Å². The van der Waals surface area contributed by atoms with Crippen LogP contribution < -0.4 is 16.0 Å². The van der Waals surface area contributed by atoms with Crippen molar-refractivity contribution in [1.82, 2.24) is 5.32 Å². The molecular weight excluding hydrogens is 202 g/mol. The summed E-state index contributed by atoms with van der Waals surface area (Å²) in [5.74, 6) is 0.00709. The van der Waals surface area contributed by atoms with Gasteiger partial charge in [-0.2, -0.15) is 0 Å². The highest BCUT2D eigenvalue weighted by atomic mass is 16.2. The number of rotatable bonds is 4. The van der Waals surface area contributed by atoms with E-state index in [1.807, 2.05) is 44.0 Å². The zero-order chi connectivity index (χ0) is 12.1. The lowest BCUT2D eigenvalue weighted by atomic mass is 10.1. The van der Waals surface area contributed by atoms with Gasteiger partial charge < -0.3 is 16.0 Å². The lowest BCUT2D eigenvalue weighted by Gasteiger charge is -2.22. The number of nitrogens with one attached hydrogen (secondary N) is 1. The monoisotopic (exact) mass is 221 g/mol. The van der Waals surface area contributed by atoms with Crippen LogP contribution in [0.15, 0.2) is 18.2 Å². The van der Waals surface area contributed by atoms with Crippen LogP contribution in [0, 0.1) is 6.92 Å². The first-order valence-electron chi connectivity index (χ1n) is 5.39. The number of carbonyl (C=O) groups is 1. The largest absolute Gasteiger partial charge is 0.397 e. The highest BCUT2D eigenvalue weighted by Crippen LogP contribution is 2.25. The smallest absolute Gasteiger partial charge is 0.239 e. The molecule has 0 atom stereocenters. The molecule has 0 aliphatic carbocycles. The van der Waals surface area contributed by atoms with Crippen LogP contribution in [0.4, 0.5) is 11.4 Å². The second-order valence-electron chi connectivity index (χ2n) is 3.82. The summed E-state index contributed by atoms with van der Waals surface area (Å²) in [7, 11) is 1.87. The molecule has 4 heteroatoms. The predicted octanol–water partition coefficient (Wildman–Crippen LogP) is 1.15. The number of likely N-dealkylation sites (N-methyl/N-ethyl adjacent to an activating group) is 2. The molecule has 0 aliphatic rings. The molecule has 1 amide bonds. The third-order valence-electron chi connectivity index (χ3n) is 2.41. The van der Waals surface area contributed by atoms with Crippen LogP contribution in [0.2, 0.25) is 0 Å². The molecular formula is C12H19N3O. The zero-order valence-electron chi connectivity index (χ0n) is 10.1. The Hall–Kier alpha value is -1.71. The molecule has 0 unspecified atom stereocenters. The first kappa shape index (κ1) is 12.4. The van der Waals surface area contributed by atoms with E-state index >= 15 is 0 Å². The van der Waals surface area contributed by atoms with E-state index in [-0.39, 0.29) is 5.91 Å².